The Hall–Kier alpha value is 1.28. The van der Waals surface area contributed by atoms with E-state index in [0.717, 1.165) is 0 Å². The van der Waals surface area contributed by atoms with Crippen LogP contribution >= 0.6 is 63.7 Å². The van der Waals surface area contributed by atoms with Gasteiger partial charge in [0.15, 0.2) is 0 Å². The Morgan fingerprint density at radius 1 is 0.867 bits per heavy atom. The minimum Gasteiger partial charge on any atom is -0.544 e. The van der Waals surface area contributed by atoms with E-state index in [1.54, 1.807) is 0 Å². The van der Waals surface area contributed by atoms with Crippen molar-refractivity contribution < 1.29 is 47.5 Å². The zero-order chi connectivity index (χ0) is 11.7. The molecule has 0 saturated heterocycles. The van der Waals surface area contributed by atoms with E-state index in [0.29, 0.717) is 0 Å². The van der Waals surface area contributed by atoms with Gasteiger partial charge in [0.1, 0.15) is 0 Å². The Balaban J connectivity index is -0.000000180. The number of carbonyl (C=O) groups is 2. The van der Waals surface area contributed by atoms with E-state index in [1.165, 1.54) is 9.97 Å². The van der Waals surface area contributed by atoms with Gasteiger partial charge >= 0.3 is 27.7 Å². The number of carbonyl (C=O) groups excluding carboxylic acids is 2. The summed E-state index contributed by atoms with van der Waals surface area (Å²) in [5, 5.41) is 19.3. The molecular formula is C6H2Br4HgO4. The van der Waals surface area contributed by atoms with E-state index in [1.807, 2.05) is 0 Å². The molecule has 0 atom stereocenters. The minimum atomic E-state index is -1.23. The molecule has 0 amide bonds. The van der Waals surface area contributed by atoms with Crippen LogP contribution in [0.4, 0.5) is 0 Å². The molecule has 0 aromatic heterocycles. The van der Waals surface area contributed by atoms with E-state index < -0.39 is 11.9 Å². The Morgan fingerprint density at radius 3 is 1.07 bits per heavy atom. The molecule has 0 fully saturated rings. The van der Waals surface area contributed by atoms with Gasteiger partial charge in [-0.15, -0.1) is 0 Å². The number of carboxylic acids is 2. The van der Waals surface area contributed by atoms with Crippen LogP contribution in [0.5, 0.6) is 0 Å². The van der Waals surface area contributed by atoms with Gasteiger partial charge in [-0.1, -0.05) is 31.9 Å². The largest absolute Gasteiger partial charge is 2.00 e. The number of aliphatic carboxylic acids is 2. The van der Waals surface area contributed by atoms with Crippen LogP contribution < -0.4 is 10.2 Å². The molecule has 4 nitrogen and oxygen atoms in total. The molecule has 0 spiro atoms. The van der Waals surface area contributed by atoms with Crippen LogP contribution in [0.15, 0.2) is 18.9 Å². The first-order valence-corrected chi connectivity index (χ1v) is 6.13. The van der Waals surface area contributed by atoms with Crippen molar-refractivity contribution in [2.24, 2.45) is 0 Å². The summed E-state index contributed by atoms with van der Waals surface area (Å²) >= 11 is 11.0. The maximum atomic E-state index is 9.67. The molecule has 80 valence electrons. The van der Waals surface area contributed by atoms with Gasteiger partial charge in [-0.25, -0.2) is 0 Å². The van der Waals surface area contributed by atoms with Gasteiger partial charge in [0.05, 0.1) is 11.9 Å². The molecule has 0 N–H and O–H groups in total. The minimum absolute atomic E-state index is 0. The van der Waals surface area contributed by atoms with Crippen molar-refractivity contribution in [3.63, 3.8) is 0 Å². The van der Waals surface area contributed by atoms with Crippen LogP contribution in [-0.4, -0.2) is 11.9 Å². The second-order valence-electron chi connectivity index (χ2n) is 1.49. The molecular weight excluding hydrogens is 656 g/mol. The van der Waals surface area contributed by atoms with Crippen molar-refractivity contribution >= 4 is 75.7 Å². The van der Waals surface area contributed by atoms with Gasteiger partial charge in [-0.05, 0) is 41.8 Å². The van der Waals surface area contributed by atoms with Crippen molar-refractivity contribution in [1.82, 2.24) is 0 Å². The van der Waals surface area contributed by atoms with Crippen molar-refractivity contribution in [2.75, 3.05) is 0 Å². The summed E-state index contributed by atoms with van der Waals surface area (Å²) in [7, 11) is 0. The quantitative estimate of drug-likeness (QED) is 0.324. The molecule has 0 saturated carbocycles. The van der Waals surface area contributed by atoms with Crippen LogP contribution in [0.2, 0.25) is 0 Å². The zero-order valence-corrected chi connectivity index (χ0v) is 18.8. The molecule has 0 aliphatic rings. The number of carboxylic acid groups (broad SMARTS) is 2. The summed E-state index contributed by atoms with van der Waals surface area (Å²) in [6, 6.07) is 0. The van der Waals surface area contributed by atoms with Crippen molar-refractivity contribution in [3.05, 3.63) is 18.9 Å². The summed E-state index contributed by atoms with van der Waals surface area (Å²) in [4.78, 5) is 21.8. The van der Waals surface area contributed by atoms with Gasteiger partial charge in [0.25, 0.3) is 0 Å². The maximum Gasteiger partial charge on any atom is 2.00 e. The summed E-state index contributed by atoms with van der Waals surface area (Å²) in [5.74, 6) is -2.45. The van der Waals surface area contributed by atoms with E-state index >= 15 is 0 Å². The van der Waals surface area contributed by atoms with Crippen LogP contribution in [-0.2, 0) is 37.3 Å². The molecule has 0 aliphatic carbocycles. The molecule has 0 radical (unpaired) electrons. The fourth-order valence-corrected chi connectivity index (χ4v) is 0.463. The van der Waals surface area contributed by atoms with E-state index in [4.69, 9.17) is 0 Å². The molecule has 0 aromatic carbocycles. The monoisotopic (exact) mass is 656 g/mol. The molecule has 9 heteroatoms. The van der Waals surface area contributed by atoms with E-state index in [9.17, 15) is 19.8 Å². The number of hydrogen-bond acceptors (Lipinski definition) is 4. The molecule has 0 aromatic rings. The Morgan fingerprint density at radius 2 is 1.07 bits per heavy atom. The van der Waals surface area contributed by atoms with Crippen LogP contribution in [0.1, 0.15) is 0 Å². The van der Waals surface area contributed by atoms with Gasteiger partial charge in [-0.2, -0.15) is 0 Å². The third kappa shape index (κ3) is 15.3. The maximum absolute atomic E-state index is 9.67. The van der Waals surface area contributed by atoms with E-state index in [2.05, 4.69) is 63.7 Å². The van der Waals surface area contributed by atoms with Gasteiger partial charge < -0.3 is 19.8 Å². The van der Waals surface area contributed by atoms with Gasteiger partial charge in [0.2, 0.25) is 0 Å². The molecule has 0 bridgehead atoms. The molecule has 15 heavy (non-hydrogen) atoms. The normalized spacial score (nSPS) is 10.7. The number of rotatable bonds is 2. The molecule has 0 aliphatic heterocycles. The summed E-state index contributed by atoms with van der Waals surface area (Å²) in [6.45, 7) is 0. The average Bonchev–Trinajstić information content (AvgIpc) is 2.15. The fourth-order valence-electron chi connectivity index (χ4n) is 0.0891. The van der Waals surface area contributed by atoms with Crippen molar-refractivity contribution in [2.45, 2.75) is 0 Å². The average molecular weight is 658 g/mol. The second-order valence-corrected chi connectivity index (χ2v) is 4.11. The Kier molecular flexibility index (Phi) is 19.2. The first-order valence-electron chi connectivity index (χ1n) is 2.71. The fraction of sp³-hybridized carbons (Fsp3) is 0. The predicted octanol–water partition coefficient (Wildman–Crippen LogP) is 0.732. The van der Waals surface area contributed by atoms with Crippen LogP contribution in [0.25, 0.3) is 0 Å². The SMILES string of the molecule is O=C([O-])C(Br)=CBr.O=C([O-])C(Br)=CBr.[Hg+2]. The van der Waals surface area contributed by atoms with Crippen molar-refractivity contribution in [1.29, 1.82) is 0 Å². The topological polar surface area (TPSA) is 80.3 Å². The van der Waals surface area contributed by atoms with Gasteiger partial charge in [0, 0.05) is 8.96 Å². The van der Waals surface area contributed by atoms with Crippen LogP contribution in [0.3, 0.4) is 0 Å². The molecule has 0 unspecified atom stereocenters. The third-order valence-corrected chi connectivity index (χ3v) is 3.83. The zero-order valence-electron chi connectivity index (χ0n) is 7.01. The first kappa shape index (κ1) is 21.5. The molecule has 0 rings (SSSR count). The van der Waals surface area contributed by atoms with Crippen molar-refractivity contribution in [3.8, 4) is 0 Å². The standard InChI is InChI=1S/2C3H2Br2O2.Hg/c2*4-1-2(5)3(6)7;/h2*1H,(H,6,7);/q;;+2/p-2. The third-order valence-electron chi connectivity index (χ3n) is 0.582. The molecule has 0 heterocycles. The number of halogens is 4. The summed E-state index contributed by atoms with van der Waals surface area (Å²) in [5.41, 5.74) is 0. The second kappa shape index (κ2) is 13.3. The smallest absolute Gasteiger partial charge is 0.544 e. The Labute approximate surface area is 140 Å². The predicted molar refractivity (Wildman–Crippen MR) is 61.9 cm³/mol. The first-order chi connectivity index (χ1) is 6.36. The number of hydrogen-bond donors (Lipinski definition) is 0. The summed E-state index contributed by atoms with van der Waals surface area (Å²) in [6.07, 6.45) is 0. The van der Waals surface area contributed by atoms with Gasteiger partial charge in [-0.3, -0.25) is 0 Å². The summed E-state index contributed by atoms with van der Waals surface area (Å²) < 4.78 is 0.0139. The van der Waals surface area contributed by atoms with E-state index in [-0.39, 0.29) is 36.6 Å². The van der Waals surface area contributed by atoms with Crippen LogP contribution in [0, 0.1) is 0 Å². The Bertz CT molecular complexity index is 248.